The highest BCUT2D eigenvalue weighted by atomic mass is 32.1. The number of carbonyl (C=O) groups is 1. The van der Waals surface area contributed by atoms with Crippen LogP contribution in [0.25, 0.3) is 10.1 Å². The molecule has 0 saturated heterocycles. The lowest BCUT2D eigenvalue weighted by Gasteiger charge is -2.33. The van der Waals surface area contributed by atoms with Gasteiger partial charge in [-0.05, 0) is 43.5 Å². The van der Waals surface area contributed by atoms with Crippen LogP contribution < -0.4 is 0 Å². The number of nitrogens with zero attached hydrogens (tertiary/aromatic N) is 1. The molecular weight excluding hydrogens is 265 g/mol. The van der Waals surface area contributed by atoms with Crippen molar-refractivity contribution in [1.29, 1.82) is 0 Å². The van der Waals surface area contributed by atoms with Crippen molar-refractivity contribution in [3.05, 3.63) is 35.0 Å². The van der Waals surface area contributed by atoms with Crippen LogP contribution in [0.5, 0.6) is 0 Å². The lowest BCUT2D eigenvalue weighted by molar-refractivity contribution is 0.0478. The Bertz CT molecular complexity index is 621. The fourth-order valence-electron chi connectivity index (χ4n) is 1.67. The maximum Gasteiger partial charge on any atom is 0.264 e. The van der Waals surface area contributed by atoms with Crippen molar-refractivity contribution in [3.8, 4) is 0 Å². The molecule has 0 spiro atoms. The Hall–Kier alpha value is -1.46. The Morgan fingerprint density at radius 1 is 1.42 bits per heavy atom. The van der Waals surface area contributed by atoms with E-state index >= 15 is 0 Å². The van der Waals surface area contributed by atoms with E-state index in [4.69, 9.17) is 0 Å². The van der Waals surface area contributed by atoms with Crippen LogP contribution in [0, 0.1) is 5.82 Å². The number of halogens is 1. The molecule has 1 N–H and O–H groups in total. The molecule has 1 heterocycles. The molecule has 2 aromatic rings. The summed E-state index contributed by atoms with van der Waals surface area (Å²) < 4.78 is 14.0. The summed E-state index contributed by atoms with van der Waals surface area (Å²) in [4.78, 5) is 14.4. The summed E-state index contributed by atoms with van der Waals surface area (Å²) in [6.45, 7) is 3.46. The van der Waals surface area contributed by atoms with Gasteiger partial charge in [0.05, 0.1) is 17.0 Å². The minimum absolute atomic E-state index is 0.116. The lowest BCUT2D eigenvalue weighted by atomic mass is 10.1. The molecule has 0 fully saturated rings. The van der Waals surface area contributed by atoms with Crippen molar-refractivity contribution in [2.24, 2.45) is 0 Å². The second-order valence-corrected chi connectivity index (χ2v) is 6.21. The quantitative estimate of drug-likeness (QED) is 0.939. The van der Waals surface area contributed by atoms with E-state index in [1.54, 1.807) is 33.0 Å². The van der Waals surface area contributed by atoms with Crippen LogP contribution in [0.4, 0.5) is 4.39 Å². The second kappa shape index (κ2) is 4.90. The molecule has 1 aromatic carbocycles. The molecule has 19 heavy (non-hydrogen) atoms. The highest BCUT2D eigenvalue weighted by Gasteiger charge is 2.28. The Labute approximate surface area is 115 Å². The van der Waals surface area contributed by atoms with Gasteiger partial charge < -0.3 is 10.0 Å². The largest absolute Gasteiger partial charge is 0.394 e. The molecule has 5 heteroatoms. The molecule has 0 atom stereocenters. The molecule has 0 aliphatic rings. The molecule has 0 bridgehead atoms. The van der Waals surface area contributed by atoms with Crippen molar-refractivity contribution >= 4 is 27.3 Å². The Kier molecular flexibility index (Phi) is 3.60. The molecule has 102 valence electrons. The van der Waals surface area contributed by atoms with Crippen LogP contribution in [0.1, 0.15) is 23.5 Å². The summed E-state index contributed by atoms with van der Waals surface area (Å²) in [5.74, 6) is -0.478. The number of hydrogen-bond donors (Lipinski definition) is 1. The SMILES string of the molecule is CN(C(=O)c1cc2cc(F)ccc2s1)C(C)(C)CO. The van der Waals surface area contributed by atoms with Crippen LogP contribution in [0.2, 0.25) is 0 Å². The van der Waals surface area contributed by atoms with Gasteiger partial charge in [0.2, 0.25) is 0 Å². The zero-order valence-electron chi connectivity index (χ0n) is 11.1. The van der Waals surface area contributed by atoms with Crippen LogP contribution in [-0.2, 0) is 0 Å². The molecule has 2 rings (SSSR count). The number of amides is 1. The number of fused-ring (bicyclic) bond motifs is 1. The molecule has 1 amide bonds. The Morgan fingerprint density at radius 2 is 2.11 bits per heavy atom. The predicted octanol–water partition coefficient (Wildman–Crippen LogP) is 2.88. The maximum absolute atomic E-state index is 13.1. The normalized spacial score (nSPS) is 11.8. The topological polar surface area (TPSA) is 40.5 Å². The summed E-state index contributed by atoms with van der Waals surface area (Å²) in [5, 5.41) is 10.0. The highest BCUT2D eigenvalue weighted by molar-refractivity contribution is 7.20. The molecule has 0 unspecified atom stereocenters. The summed E-state index contributed by atoms with van der Waals surface area (Å²) in [7, 11) is 1.66. The summed E-state index contributed by atoms with van der Waals surface area (Å²) >= 11 is 1.33. The average molecular weight is 281 g/mol. The van der Waals surface area contributed by atoms with E-state index in [-0.39, 0.29) is 18.3 Å². The van der Waals surface area contributed by atoms with Crippen molar-refractivity contribution in [3.63, 3.8) is 0 Å². The van der Waals surface area contributed by atoms with Crippen molar-refractivity contribution < 1.29 is 14.3 Å². The first-order valence-electron chi connectivity index (χ1n) is 5.93. The average Bonchev–Trinajstić information content (AvgIpc) is 2.79. The number of likely N-dealkylation sites (N-methyl/N-ethyl adjacent to an activating group) is 1. The van der Waals surface area contributed by atoms with Gasteiger partial charge >= 0.3 is 0 Å². The van der Waals surface area contributed by atoms with Crippen LogP contribution >= 0.6 is 11.3 Å². The third-order valence-electron chi connectivity index (χ3n) is 3.29. The standard InChI is InChI=1S/C14H16FNO2S/c1-14(2,8-17)16(3)13(18)12-7-9-6-10(15)4-5-11(9)19-12/h4-7,17H,8H2,1-3H3. The third-order valence-corrected chi connectivity index (χ3v) is 4.39. The molecule has 0 saturated carbocycles. The monoisotopic (exact) mass is 281 g/mol. The zero-order valence-corrected chi connectivity index (χ0v) is 11.9. The molecular formula is C14H16FNO2S. The smallest absolute Gasteiger partial charge is 0.264 e. The van der Waals surface area contributed by atoms with E-state index in [0.29, 0.717) is 4.88 Å². The van der Waals surface area contributed by atoms with Gasteiger partial charge in [0.1, 0.15) is 5.82 Å². The van der Waals surface area contributed by atoms with Crippen molar-refractivity contribution in [2.75, 3.05) is 13.7 Å². The van der Waals surface area contributed by atoms with Gasteiger partial charge in [-0.3, -0.25) is 4.79 Å². The fourth-order valence-corrected chi connectivity index (χ4v) is 2.68. The third kappa shape index (κ3) is 2.62. The minimum atomic E-state index is -0.626. The number of aliphatic hydroxyl groups excluding tert-OH is 1. The van der Waals surface area contributed by atoms with E-state index in [0.717, 1.165) is 10.1 Å². The van der Waals surface area contributed by atoms with Gasteiger partial charge in [-0.1, -0.05) is 0 Å². The number of aliphatic hydroxyl groups is 1. The van der Waals surface area contributed by atoms with Gasteiger partial charge in [-0.15, -0.1) is 11.3 Å². The maximum atomic E-state index is 13.1. The van der Waals surface area contributed by atoms with E-state index < -0.39 is 5.54 Å². The van der Waals surface area contributed by atoms with E-state index in [2.05, 4.69) is 0 Å². The number of thiophene rings is 1. The minimum Gasteiger partial charge on any atom is -0.394 e. The van der Waals surface area contributed by atoms with E-state index in [9.17, 15) is 14.3 Å². The fraction of sp³-hybridized carbons (Fsp3) is 0.357. The highest BCUT2D eigenvalue weighted by Crippen LogP contribution is 2.28. The first-order valence-corrected chi connectivity index (χ1v) is 6.75. The summed E-state index contributed by atoms with van der Waals surface area (Å²) in [6, 6.07) is 6.16. The number of rotatable bonds is 3. The molecule has 1 aromatic heterocycles. The van der Waals surface area contributed by atoms with Gasteiger partial charge in [0, 0.05) is 11.7 Å². The predicted molar refractivity (Wildman–Crippen MR) is 75.0 cm³/mol. The zero-order chi connectivity index (χ0) is 14.2. The van der Waals surface area contributed by atoms with Gasteiger partial charge in [0.15, 0.2) is 0 Å². The van der Waals surface area contributed by atoms with Crippen LogP contribution in [-0.4, -0.2) is 35.1 Å². The molecule has 0 aliphatic heterocycles. The van der Waals surface area contributed by atoms with Gasteiger partial charge in [-0.25, -0.2) is 4.39 Å². The van der Waals surface area contributed by atoms with Crippen LogP contribution in [0.15, 0.2) is 24.3 Å². The first kappa shape index (κ1) is 14.0. The van der Waals surface area contributed by atoms with E-state index in [1.807, 2.05) is 0 Å². The summed E-state index contributed by atoms with van der Waals surface area (Å²) in [5.41, 5.74) is -0.626. The number of carbonyl (C=O) groups excluding carboxylic acids is 1. The Balaban J connectivity index is 2.36. The number of benzene rings is 1. The summed E-state index contributed by atoms with van der Waals surface area (Å²) in [6.07, 6.45) is 0. The van der Waals surface area contributed by atoms with Crippen LogP contribution in [0.3, 0.4) is 0 Å². The first-order chi connectivity index (χ1) is 8.85. The van der Waals surface area contributed by atoms with Gasteiger partial charge in [-0.2, -0.15) is 0 Å². The number of hydrogen-bond acceptors (Lipinski definition) is 3. The second-order valence-electron chi connectivity index (χ2n) is 5.13. The van der Waals surface area contributed by atoms with E-state index in [1.165, 1.54) is 28.4 Å². The van der Waals surface area contributed by atoms with Gasteiger partial charge in [0.25, 0.3) is 5.91 Å². The van der Waals surface area contributed by atoms with Crippen molar-refractivity contribution in [1.82, 2.24) is 4.90 Å². The molecule has 0 radical (unpaired) electrons. The Morgan fingerprint density at radius 3 is 2.74 bits per heavy atom. The molecule has 3 nitrogen and oxygen atoms in total. The lowest BCUT2D eigenvalue weighted by Crippen LogP contribution is -2.47. The molecule has 0 aliphatic carbocycles. The van der Waals surface area contributed by atoms with Crippen molar-refractivity contribution in [2.45, 2.75) is 19.4 Å².